The summed E-state index contributed by atoms with van der Waals surface area (Å²) < 4.78 is 30.4. The second kappa shape index (κ2) is 11.4. The summed E-state index contributed by atoms with van der Waals surface area (Å²) in [5, 5.41) is 2.92. The maximum absolute atomic E-state index is 13.7. The van der Waals surface area contributed by atoms with Crippen LogP contribution in [-0.4, -0.2) is 27.4 Å². The number of hydrogen-bond acceptors (Lipinski definition) is 4. The summed E-state index contributed by atoms with van der Waals surface area (Å²) in [6.07, 6.45) is 9.40. The number of aryl methyl sites for hydroxylation is 1. The van der Waals surface area contributed by atoms with Crippen LogP contribution in [0.15, 0.2) is 47.4 Å². The lowest BCUT2D eigenvalue weighted by Crippen LogP contribution is -2.32. The van der Waals surface area contributed by atoms with Crippen LogP contribution in [0.25, 0.3) is 0 Å². The number of benzene rings is 2. The van der Waals surface area contributed by atoms with Gasteiger partial charge >= 0.3 is 0 Å². The van der Waals surface area contributed by atoms with Crippen LogP contribution in [-0.2, 0) is 21.2 Å². The lowest BCUT2D eigenvalue weighted by Gasteiger charge is -2.28. The zero-order valence-electron chi connectivity index (χ0n) is 20.2. The molecule has 1 fully saturated rings. The van der Waals surface area contributed by atoms with Gasteiger partial charge in [0.2, 0.25) is 15.9 Å². The molecule has 34 heavy (non-hydrogen) atoms. The Morgan fingerprint density at radius 1 is 1.03 bits per heavy atom. The number of anilines is 2. The largest absolute Gasteiger partial charge is 0.370 e. The van der Waals surface area contributed by atoms with E-state index in [1.807, 2.05) is 30.3 Å². The van der Waals surface area contributed by atoms with Crippen LogP contribution in [0.3, 0.4) is 0 Å². The Balaban J connectivity index is 1.58. The molecule has 184 valence electrons. The molecule has 0 aromatic heterocycles. The number of nitrogens with zero attached hydrogens (tertiary/aromatic N) is 1. The van der Waals surface area contributed by atoms with Crippen molar-refractivity contribution in [2.45, 2.75) is 82.1 Å². The molecular weight excluding hydrogens is 446 g/mol. The molecule has 0 saturated carbocycles. The van der Waals surface area contributed by atoms with Gasteiger partial charge < -0.3 is 10.2 Å². The minimum absolute atomic E-state index is 0.0671. The predicted octanol–water partition coefficient (Wildman–Crippen LogP) is 5.55. The van der Waals surface area contributed by atoms with Gasteiger partial charge in [0.1, 0.15) is 4.90 Å². The SMILES string of the molecule is CCCCCCC(=O)Nc1ccc(N2CCCC2)c(S(=O)(=O)N[C@H]2CCCc3ccccc32)c1. The van der Waals surface area contributed by atoms with Crippen molar-refractivity contribution in [3.63, 3.8) is 0 Å². The Labute approximate surface area is 204 Å². The van der Waals surface area contributed by atoms with E-state index >= 15 is 0 Å². The Bertz CT molecular complexity index is 1090. The number of hydrogen-bond donors (Lipinski definition) is 2. The van der Waals surface area contributed by atoms with Crippen LogP contribution >= 0.6 is 0 Å². The van der Waals surface area contributed by atoms with Crippen molar-refractivity contribution in [3.8, 4) is 0 Å². The molecule has 7 heteroatoms. The minimum Gasteiger partial charge on any atom is -0.370 e. The first-order valence-corrected chi connectivity index (χ1v) is 14.3. The van der Waals surface area contributed by atoms with E-state index in [4.69, 9.17) is 0 Å². The summed E-state index contributed by atoms with van der Waals surface area (Å²) in [6, 6.07) is 13.2. The number of carbonyl (C=O) groups is 1. The second-order valence-corrected chi connectivity index (χ2v) is 11.2. The number of fused-ring (bicyclic) bond motifs is 1. The highest BCUT2D eigenvalue weighted by atomic mass is 32.2. The molecule has 2 aliphatic rings. The molecule has 2 aromatic carbocycles. The standard InChI is InChI=1S/C27H37N3O3S/c1-2-3-4-5-15-27(31)28-22-16-17-25(30-18-8-9-19-30)26(20-22)34(32,33)29-24-14-10-12-21-11-6-7-13-23(21)24/h6-7,11,13,16-17,20,24,29H,2-5,8-10,12,14-15,18-19H2,1H3,(H,28,31)/t24-/m0/s1. The smallest absolute Gasteiger partial charge is 0.243 e. The molecule has 4 rings (SSSR count). The van der Waals surface area contributed by atoms with E-state index in [1.165, 1.54) is 5.56 Å². The molecule has 1 aliphatic heterocycles. The number of rotatable bonds is 10. The molecule has 2 aromatic rings. The fourth-order valence-corrected chi connectivity index (χ4v) is 6.59. The van der Waals surface area contributed by atoms with Crippen LogP contribution in [0.2, 0.25) is 0 Å². The lowest BCUT2D eigenvalue weighted by atomic mass is 9.88. The van der Waals surface area contributed by atoms with E-state index in [0.29, 0.717) is 12.1 Å². The first-order chi connectivity index (χ1) is 16.5. The normalized spacial score (nSPS) is 18.0. The molecule has 0 unspecified atom stereocenters. The molecule has 1 atom stereocenters. The van der Waals surface area contributed by atoms with E-state index in [2.05, 4.69) is 27.9 Å². The summed E-state index contributed by atoms with van der Waals surface area (Å²) in [5.41, 5.74) is 3.53. The third-order valence-corrected chi connectivity index (χ3v) is 8.40. The fraction of sp³-hybridized carbons (Fsp3) is 0.519. The van der Waals surface area contributed by atoms with Gasteiger partial charge in [-0.3, -0.25) is 4.79 Å². The number of nitrogens with one attached hydrogen (secondary N) is 2. The van der Waals surface area contributed by atoms with Crippen molar-refractivity contribution in [2.24, 2.45) is 0 Å². The monoisotopic (exact) mass is 483 g/mol. The molecule has 1 amide bonds. The summed E-state index contributed by atoms with van der Waals surface area (Å²) in [5.74, 6) is -0.0671. The van der Waals surface area contributed by atoms with Crippen LogP contribution < -0.4 is 14.9 Å². The molecule has 6 nitrogen and oxygen atoms in total. The number of sulfonamides is 1. The van der Waals surface area contributed by atoms with Gasteiger partial charge in [-0.2, -0.15) is 0 Å². The van der Waals surface area contributed by atoms with Gasteiger partial charge in [0.05, 0.1) is 5.69 Å². The van der Waals surface area contributed by atoms with E-state index < -0.39 is 10.0 Å². The summed E-state index contributed by atoms with van der Waals surface area (Å²) in [4.78, 5) is 14.8. The lowest BCUT2D eigenvalue weighted by molar-refractivity contribution is -0.116. The zero-order chi connectivity index (χ0) is 24.0. The second-order valence-electron chi connectivity index (χ2n) is 9.50. The van der Waals surface area contributed by atoms with Crippen LogP contribution in [0, 0.1) is 0 Å². The van der Waals surface area contributed by atoms with E-state index in [9.17, 15) is 13.2 Å². The van der Waals surface area contributed by atoms with Gasteiger partial charge in [0.25, 0.3) is 0 Å². The third kappa shape index (κ3) is 5.99. The molecular formula is C27H37N3O3S. The molecule has 1 heterocycles. The highest BCUT2D eigenvalue weighted by Crippen LogP contribution is 2.35. The quantitative estimate of drug-likeness (QED) is 0.434. The molecule has 1 saturated heterocycles. The predicted molar refractivity (Wildman–Crippen MR) is 138 cm³/mol. The van der Waals surface area contributed by atoms with Gasteiger partial charge in [-0.25, -0.2) is 13.1 Å². The highest BCUT2D eigenvalue weighted by molar-refractivity contribution is 7.89. The maximum atomic E-state index is 13.7. The Kier molecular flexibility index (Phi) is 8.27. The highest BCUT2D eigenvalue weighted by Gasteiger charge is 2.29. The van der Waals surface area contributed by atoms with Crippen molar-refractivity contribution < 1.29 is 13.2 Å². The van der Waals surface area contributed by atoms with Gasteiger partial charge in [-0.1, -0.05) is 50.5 Å². The zero-order valence-corrected chi connectivity index (χ0v) is 21.0. The van der Waals surface area contributed by atoms with E-state index in [-0.39, 0.29) is 16.8 Å². The Morgan fingerprint density at radius 3 is 2.62 bits per heavy atom. The van der Waals surface area contributed by atoms with Crippen LogP contribution in [0.4, 0.5) is 11.4 Å². The Morgan fingerprint density at radius 2 is 1.82 bits per heavy atom. The fourth-order valence-electron chi connectivity index (χ4n) is 5.09. The van der Waals surface area contributed by atoms with Crippen molar-refractivity contribution in [2.75, 3.05) is 23.3 Å². The first kappa shape index (κ1) is 24.7. The molecule has 2 N–H and O–H groups in total. The number of carbonyl (C=O) groups excluding carboxylic acids is 1. The molecule has 0 radical (unpaired) electrons. The van der Waals surface area contributed by atoms with Crippen molar-refractivity contribution in [3.05, 3.63) is 53.6 Å². The van der Waals surface area contributed by atoms with Crippen molar-refractivity contribution in [1.29, 1.82) is 0 Å². The average molecular weight is 484 g/mol. The Hall–Kier alpha value is -2.38. The molecule has 0 bridgehead atoms. The van der Waals surface area contributed by atoms with E-state index in [0.717, 1.165) is 82.1 Å². The summed E-state index contributed by atoms with van der Waals surface area (Å²) in [6.45, 7) is 3.83. The van der Waals surface area contributed by atoms with E-state index in [1.54, 1.807) is 6.07 Å². The topological polar surface area (TPSA) is 78.5 Å². The van der Waals surface area contributed by atoms with Gasteiger partial charge in [0, 0.05) is 31.2 Å². The summed E-state index contributed by atoms with van der Waals surface area (Å²) >= 11 is 0. The van der Waals surface area contributed by atoms with Gasteiger partial charge in [-0.05, 0) is 67.9 Å². The third-order valence-electron chi connectivity index (χ3n) is 6.90. The average Bonchev–Trinajstić information content (AvgIpc) is 3.37. The number of unbranched alkanes of at least 4 members (excludes halogenated alkanes) is 3. The van der Waals surface area contributed by atoms with Crippen molar-refractivity contribution in [1.82, 2.24) is 4.72 Å². The molecule has 0 spiro atoms. The van der Waals surface area contributed by atoms with Crippen molar-refractivity contribution >= 4 is 27.3 Å². The maximum Gasteiger partial charge on any atom is 0.243 e. The molecule has 1 aliphatic carbocycles. The first-order valence-electron chi connectivity index (χ1n) is 12.8. The van der Waals surface area contributed by atoms with Crippen LogP contribution in [0.5, 0.6) is 0 Å². The van der Waals surface area contributed by atoms with Crippen LogP contribution in [0.1, 0.15) is 81.9 Å². The number of amides is 1. The summed E-state index contributed by atoms with van der Waals surface area (Å²) in [7, 11) is -3.80. The van der Waals surface area contributed by atoms with Gasteiger partial charge in [0.15, 0.2) is 0 Å². The minimum atomic E-state index is -3.80. The van der Waals surface area contributed by atoms with Gasteiger partial charge in [-0.15, -0.1) is 0 Å².